The smallest absolute Gasteiger partial charge is 0.404 e. The van der Waals surface area contributed by atoms with Crippen LogP contribution in [0.3, 0.4) is 0 Å². The van der Waals surface area contributed by atoms with Crippen molar-refractivity contribution >= 4 is 32.6 Å². The molecule has 0 radical (unpaired) electrons. The normalized spacial score (nSPS) is 12.0. The Labute approximate surface area is 186 Å². The van der Waals surface area contributed by atoms with Gasteiger partial charge in [-0.05, 0) is 60.7 Å². The van der Waals surface area contributed by atoms with Gasteiger partial charge in [-0.25, -0.2) is 24.1 Å². The Morgan fingerprint density at radius 1 is 0.636 bits per heavy atom. The number of pyridine rings is 1. The van der Waals surface area contributed by atoms with Gasteiger partial charge in [-0.2, -0.15) is 0 Å². The Kier molecular flexibility index (Phi) is 5.89. The maximum atomic E-state index is 11.1. The standard InChI is InChI=1S/C19H16N4O8P2/c20-16-10-9-15-19(22-16)23-18(12-3-7-14(8-4-12)31-33(27,28)29)17(21-15)11-1-5-13(6-2-11)30-32(24,25)26/h1-10H,(H2,20,22,23)(H2,24,25,26)(H2,27,28,29). The monoisotopic (exact) mass is 490 g/mol. The fourth-order valence-electron chi connectivity index (χ4n) is 2.98. The second kappa shape index (κ2) is 8.53. The number of phosphoric ester groups is 2. The Hall–Kier alpha value is -3.37. The quantitative estimate of drug-likeness (QED) is 0.248. The Bertz CT molecular complexity index is 1420. The highest BCUT2D eigenvalue weighted by Crippen LogP contribution is 2.40. The molecule has 0 atom stereocenters. The van der Waals surface area contributed by atoms with Gasteiger partial charge in [0.05, 0.1) is 11.4 Å². The van der Waals surface area contributed by atoms with E-state index in [1.165, 1.54) is 24.3 Å². The van der Waals surface area contributed by atoms with Crippen LogP contribution in [0.4, 0.5) is 5.82 Å². The van der Waals surface area contributed by atoms with E-state index in [1.807, 2.05) is 0 Å². The molecule has 0 saturated heterocycles. The third-order valence-electron chi connectivity index (χ3n) is 4.25. The van der Waals surface area contributed by atoms with Gasteiger partial charge in [0.15, 0.2) is 5.65 Å². The van der Waals surface area contributed by atoms with Gasteiger partial charge >= 0.3 is 15.6 Å². The highest BCUT2D eigenvalue weighted by molar-refractivity contribution is 7.47. The average molecular weight is 490 g/mol. The van der Waals surface area contributed by atoms with Crippen LogP contribution in [0.25, 0.3) is 33.7 Å². The molecule has 12 nitrogen and oxygen atoms in total. The molecule has 0 fully saturated rings. The molecule has 170 valence electrons. The summed E-state index contributed by atoms with van der Waals surface area (Å²) >= 11 is 0. The molecule has 4 aromatic rings. The van der Waals surface area contributed by atoms with Gasteiger partial charge in [-0.15, -0.1) is 0 Å². The summed E-state index contributed by atoms with van der Waals surface area (Å²) in [5, 5.41) is 0. The topological polar surface area (TPSA) is 198 Å². The first-order chi connectivity index (χ1) is 15.5. The molecule has 2 aromatic heterocycles. The largest absolute Gasteiger partial charge is 0.524 e. The summed E-state index contributed by atoms with van der Waals surface area (Å²) in [5.74, 6) is 0.180. The molecule has 2 heterocycles. The van der Waals surface area contributed by atoms with Crippen molar-refractivity contribution in [2.45, 2.75) is 0 Å². The zero-order chi connectivity index (χ0) is 23.8. The molecule has 2 aromatic carbocycles. The molecule has 0 saturated carbocycles. The predicted molar refractivity (Wildman–Crippen MR) is 118 cm³/mol. The lowest BCUT2D eigenvalue weighted by atomic mass is 10.0. The van der Waals surface area contributed by atoms with E-state index in [0.717, 1.165) is 0 Å². The van der Waals surface area contributed by atoms with E-state index in [0.29, 0.717) is 28.0 Å². The van der Waals surface area contributed by atoms with Gasteiger partial charge in [-0.3, -0.25) is 19.6 Å². The number of fused-ring (bicyclic) bond motifs is 1. The fourth-order valence-corrected chi connectivity index (χ4v) is 3.77. The molecule has 0 aliphatic rings. The maximum Gasteiger partial charge on any atom is 0.524 e. The van der Waals surface area contributed by atoms with Crippen LogP contribution in [-0.2, 0) is 9.13 Å². The van der Waals surface area contributed by atoms with Crippen LogP contribution in [0, 0.1) is 0 Å². The van der Waals surface area contributed by atoms with E-state index >= 15 is 0 Å². The second-order valence-electron chi connectivity index (χ2n) is 6.71. The third-order valence-corrected chi connectivity index (χ3v) is 5.15. The maximum absolute atomic E-state index is 11.1. The van der Waals surface area contributed by atoms with Crippen LogP contribution in [0.1, 0.15) is 0 Å². The highest BCUT2D eigenvalue weighted by atomic mass is 31.2. The highest BCUT2D eigenvalue weighted by Gasteiger charge is 2.19. The number of phosphoric acid groups is 2. The molecule has 33 heavy (non-hydrogen) atoms. The summed E-state index contributed by atoms with van der Waals surface area (Å²) in [4.78, 5) is 49.3. The summed E-state index contributed by atoms with van der Waals surface area (Å²) in [6.45, 7) is 0. The van der Waals surface area contributed by atoms with Crippen LogP contribution >= 0.6 is 15.6 Å². The molecule has 0 aliphatic heterocycles. The van der Waals surface area contributed by atoms with Crippen molar-refractivity contribution in [1.82, 2.24) is 15.0 Å². The van der Waals surface area contributed by atoms with Crippen molar-refractivity contribution in [3.8, 4) is 34.0 Å². The van der Waals surface area contributed by atoms with Gasteiger partial charge in [-0.1, -0.05) is 0 Å². The van der Waals surface area contributed by atoms with Crippen molar-refractivity contribution in [1.29, 1.82) is 0 Å². The number of anilines is 1. The third kappa shape index (κ3) is 5.71. The number of nitrogens with two attached hydrogens (primary N) is 1. The van der Waals surface area contributed by atoms with Crippen LogP contribution in [0.5, 0.6) is 11.5 Å². The molecule has 6 N–H and O–H groups in total. The van der Waals surface area contributed by atoms with E-state index in [-0.39, 0.29) is 23.0 Å². The van der Waals surface area contributed by atoms with Gasteiger partial charge in [0, 0.05) is 11.1 Å². The van der Waals surface area contributed by atoms with Crippen LogP contribution in [0.15, 0.2) is 60.7 Å². The summed E-state index contributed by atoms with van der Waals surface area (Å²) < 4.78 is 31.3. The predicted octanol–water partition coefficient (Wildman–Crippen LogP) is 2.88. The minimum absolute atomic E-state index is 0.0317. The van der Waals surface area contributed by atoms with E-state index in [4.69, 9.17) is 25.3 Å². The van der Waals surface area contributed by atoms with Crippen molar-refractivity contribution in [3.63, 3.8) is 0 Å². The molecule has 14 heteroatoms. The van der Waals surface area contributed by atoms with Gasteiger partial charge in [0.2, 0.25) is 0 Å². The number of benzene rings is 2. The molecule has 0 spiro atoms. The van der Waals surface area contributed by atoms with Crippen LogP contribution < -0.4 is 14.8 Å². The lowest BCUT2D eigenvalue weighted by Crippen LogP contribution is -1.99. The number of hydrogen-bond acceptors (Lipinski definition) is 8. The molecule has 0 unspecified atom stereocenters. The van der Waals surface area contributed by atoms with Crippen molar-refractivity contribution < 1.29 is 37.8 Å². The van der Waals surface area contributed by atoms with E-state index in [2.05, 4.69) is 24.0 Å². The van der Waals surface area contributed by atoms with Crippen molar-refractivity contribution in [2.24, 2.45) is 0 Å². The van der Waals surface area contributed by atoms with Crippen molar-refractivity contribution in [2.75, 3.05) is 5.73 Å². The minimum atomic E-state index is -4.71. The Morgan fingerprint density at radius 3 is 1.55 bits per heavy atom. The number of rotatable bonds is 6. The molecular weight excluding hydrogens is 474 g/mol. The number of nitrogen functional groups attached to an aromatic ring is 1. The van der Waals surface area contributed by atoms with Crippen molar-refractivity contribution in [3.05, 3.63) is 60.7 Å². The zero-order valence-corrected chi connectivity index (χ0v) is 18.3. The molecule has 0 aliphatic carbocycles. The van der Waals surface area contributed by atoms with Crippen LogP contribution in [0.2, 0.25) is 0 Å². The summed E-state index contributed by atoms with van der Waals surface area (Å²) in [6, 6.07) is 14.9. The molecule has 0 bridgehead atoms. The first-order valence-corrected chi connectivity index (χ1v) is 12.2. The van der Waals surface area contributed by atoms with Gasteiger partial charge in [0.25, 0.3) is 0 Å². The van der Waals surface area contributed by atoms with Crippen LogP contribution in [-0.4, -0.2) is 34.5 Å². The number of aromatic nitrogens is 3. The fraction of sp³-hybridized carbons (Fsp3) is 0. The first-order valence-electron chi connectivity index (χ1n) is 9.12. The first kappa shape index (κ1) is 22.8. The summed E-state index contributed by atoms with van der Waals surface area (Å²) in [6.07, 6.45) is 0. The summed E-state index contributed by atoms with van der Waals surface area (Å²) in [7, 11) is -9.41. The lowest BCUT2D eigenvalue weighted by molar-refractivity contribution is 0.281. The van der Waals surface area contributed by atoms with E-state index in [1.54, 1.807) is 36.4 Å². The number of nitrogens with zero attached hydrogens (tertiary/aromatic N) is 3. The summed E-state index contributed by atoms with van der Waals surface area (Å²) in [5.41, 5.74) is 8.40. The molecular formula is C19H16N4O8P2. The lowest BCUT2D eigenvalue weighted by Gasteiger charge is -2.12. The Balaban J connectivity index is 1.82. The van der Waals surface area contributed by atoms with E-state index in [9.17, 15) is 9.13 Å². The second-order valence-corrected chi connectivity index (χ2v) is 9.04. The Morgan fingerprint density at radius 2 is 1.09 bits per heavy atom. The molecule has 0 amide bonds. The zero-order valence-electron chi connectivity index (χ0n) is 16.5. The SMILES string of the molecule is Nc1ccc2nc(-c3ccc(OP(=O)(O)O)cc3)c(-c3ccc(OP(=O)(O)O)cc3)nc2n1. The van der Waals surface area contributed by atoms with Gasteiger partial charge in [0.1, 0.15) is 22.8 Å². The van der Waals surface area contributed by atoms with Gasteiger partial charge < -0.3 is 14.8 Å². The van der Waals surface area contributed by atoms with E-state index < -0.39 is 15.6 Å². The number of hydrogen-bond donors (Lipinski definition) is 5. The average Bonchev–Trinajstić information content (AvgIpc) is 2.72. The molecule has 4 rings (SSSR count). The minimum Gasteiger partial charge on any atom is -0.404 e.